The molecule has 0 aromatic carbocycles. The van der Waals surface area contributed by atoms with E-state index in [1.54, 1.807) is 94.1 Å². The van der Waals surface area contributed by atoms with Crippen LogP contribution in [0.25, 0.3) is 0 Å². The molecule has 0 aliphatic carbocycles. The molecule has 0 spiro atoms. The molecule has 6 aliphatic rings. The van der Waals surface area contributed by atoms with Gasteiger partial charge in [0.2, 0.25) is 0 Å². The monoisotopic (exact) mass is 866 g/mol. The fraction of sp³-hybridized carbons (Fsp3) is 0.400. The Hall–Kier alpha value is 4.13. The van der Waals surface area contributed by atoms with Crippen molar-refractivity contribution in [3.8, 4) is 0 Å². The number of hydrogen-bond acceptors (Lipinski definition) is 18. The predicted octanol–water partition coefficient (Wildman–Crippen LogP) is 12.6. The molecule has 2 saturated heterocycles. The van der Waals surface area contributed by atoms with Crippen molar-refractivity contribution < 1.29 is 26.0 Å². The first-order valence-corrected chi connectivity index (χ1v) is 26.0. The second-order valence-electron chi connectivity index (χ2n) is 6.13. The van der Waals surface area contributed by atoms with Gasteiger partial charge in [0, 0.05) is 60.5 Å². The first kappa shape index (κ1) is 39.3. The second-order valence-corrected chi connectivity index (χ2v) is 22.3. The van der Waals surface area contributed by atoms with Gasteiger partial charge in [-0.15, -0.1) is 23.3 Å². The minimum absolute atomic E-state index is 0. The summed E-state index contributed by atoms with van der Waals surface area (Å²) in [6, 6.07) is 0. The van der Waals surface area contributed by atoms with Crippen molar-refractivity contribution in [2.45, 2.75) is 0 Å². The van der Waals surface area contributed by atoms with E-state index in [0.29, 0.717) is 11.9 Å². The first-order valence-electron chi connectivity index (χ1n) is 10.4. The minimum atomic E-state index is 0. The summed E-state index contributed by atoms with van der Waals surface area (Å²) in [5, 5.41) is 17.2. The van der Waals surface area contributed by atoms with Crippen LogP contribution in [0, 0.1) is 0 Å². The smallest absolute Gasteiger partial charge is 0.166 e. The van der Waals surface area contributed by atoms with Crippen molar-refractivity contribution in [2.75, 3.05) is 45.1 Å². The van der Waals surface area contributed by atoms with Crippen molar-refractivity contribution in [2.24, 2.45) is 0 Å². The zero-order valence-electron chi connectivity index (χ0n) is 19.9. The average Bonchev–Trinajstić information content (AvgIpc) is 3.78. The van der Waals surface area contributed by atoms with Gasteiger partial charge in [-0.25, -0.2) is 0 Å². The van der Waals surface area contributed by atoms with Crippen LogP contribution in [0.4, 0.5) is 0 Å². The van der Waals surface area contributed by atoms with E-state index >= 15 is 0 Å². The van der Waals surface area contributed by atoms with Crippen molar-refractivity contribution in [3.05, 3.63) is 59.6 Å². The zero-order chi connectivity index (χ0) is 26.7. The van der Waals surface area contributed by atoms with Crippen LogP contribution in [0.2, 0.25) is 0 Å². The molecule has 2 fully saturated rings. The van der Waals surface area contributed by atoms with Crippen molar-refractivity contribution in [3.63, 3.8) is 0 Å². The molecule has 39 heavy (non-hydrogen) atoms. The van der Waals surface area contributed by atoms with E-state index in [1.165, 1.54) is 71.7 Å². The largest absolute Gasteiger partial charge is 0.475 e. The Morgan fingerprint density at radius 1 is 0.564 bits per heavy atom. The van der Waals surface area contributed by atoms with E-state index in [-0.39, 0.29) is 16.5 Å². The molecule has 19 heteroatoms. The van der Waals surface area contributed by atoms with Gasteiger partial charge in [-0.2, -0.15) is 47.0 Å². The van der Waals surface area contributed by atoms with Crippen molar-refractivity contribution in [1.29, 1.82) is 0 Å². The van der Waals surface area contributed by atoms with Crippen LogP contribution >= 0.6 is 186 Å². The summed E-state index contributed by atoms with van der Waals surface area (Å²) in [7, 11) is 2.78. The molecule has 6 rings (SSSR count). The van der Waals surface area contributed by atoms with Crippen molar-refractivity contribution >= 4 is 186 Å². The van der Waals surface area contributed by atoms with E-state index in [2.05, 4.69) is 55.8 Å². The van der Waals surface area contributed by atoms with E-state index in [4.69, 9.17) is 9.47 Å². The molecular formula is C20H24NiO2S16. The molecule has 6 aliphatic heterocycles. The molecule has 0 aromatic heterocycles. The molecule has 222 valence electrons. The third-order valence-corrected chi connectivity index (χ3v) is 19.7. The van der Waals surface area contributed by atoms with Gasteiger partial charge in [-0.05, 0) is 45.2 Å². The number of hydrogen-bond donors (Lipinski definition) is 2. The normalized spacial score (nSPS) is 20.9. The Balaban J connectivity index is 0.000000199. The topological polar surface area (TPSA) is 18.5 Å². The zero-order valence-corrected chi connectivity index (χ0v) is 34.1. The van der Waals surface area contributed by atoms with Crippen LogP contribution < -0.4 is 0 Å². The van der Waals surface area contributed by atoms with Gasteiger partial charge in [0.15, 0.2) is 10.2 Å². The standard InChI is InChI=1S/2C7H6OS6.2C3H6S2.Ni/c2*9-13-4-8-5-3-12-7(14-5)6-10-1-2-11-6;2*1-2-5-3-4-1;/h2*1-3,9H,4H2;2*1-3H2;. The summed E-state index contributed by atoms with van der Waals surface area (Å²) in [6.45, 7) is 0. The molecule has 0 amide bonds. The Labute approximate surface area is 312 Å². The maximum absolute atomic E-state index is 5.46. The summed E-state index contributed by atoms with van der Waals surface area (Å²) >= 11 is 30.2. The summed E-state index contributed by atoms with van der Waals surface area (Å²) < 4.78 is 16.3. The Morgan fingerprint density at radius 2 is 0.923 bits per heavy atom. The quantitative estimate of drug-likeness (QED) is 0.114. The molecule has 0 radical (unpaired) electrons. The predicted molar refractivity (Wildman–Crippen MR) is 214 cm³/mol. The molecule has 0 atom stereocenters. The Kier molecular flexibility index (Phi) is 26.4. The van der Waals surface area contributed by atoms with Gasteiger partial charge in [0.05, 0.1) is 16.9 Å². The summed E-state index contributed by atoms with van der Waals surface area (Å²) in [6.07, 6.45) is 0. The van der Waals surface area contributed by atoms with Crippen LogP contribution in [0.15, 0.2) is 59.6 Å². The van der Waals surface area contributed by atoms with Crippen LogP contribution in [0.5, 0.6) is 0 Å². The van der Waals surface area contributed by atoms with Crippen LogP contribution in [0.3, 0.4) is 0 Å². The van der Waals surface area contributed by atoms with Gasteiger partial charge in [0.25, 0.3) is 0 Å². The molecule has 6 heterocycles. The van der Waals surface area contributed by atoms with Crippen LogP contribution in [-0.4, -0.2) is 45.1 Å². The van der Waals surface area contributed by atoms with Gasteiger partial charge >= 0.3 is 0 Å². The molecule has 0 N–H and O–H groups in total. The van der Waals surface area contributed by atoms with Crippen molar-refractivity contribution in [1.82, 2.24) is 0 Å². The number of ether oxygens (including phenoxy) is 2. The van der Waals surface area contributed by atoms with Gasteiger partial charge < -0.3 is 9.47 Å². The maximum Gasteiger partial charge on any atom is 0.166 e. The third kappa shape index (κ3) is 17.6. The first-order chi connectivity index (χ1) is 18.8. The fourth-order valence-electron chi connectivity index (χ4n) is 2.15. The minimum Gasteiger partial charge on any atom is -0.475 e. The molecule has 2 nitrogen and oxygen atoms in total. The maximum atomic E-state index is 5.46. The van der Waals surface area contributed by atoms with Crippen LogP contribution in [0.1, 0.15) is 0 Å². The number of thioether (sulfide) groups is 12. The van der Waals surface area contributed by atoms with Gasteiger partial charge in [-0.1, -0.05) is 92.2 Å². The van der Waals surface area contributed by atoms with Gasteiger partial charge in [0.1, 0.15) is 11.9 Å². The molecule has 0 bridgehead atoms. The average molecular weight is 868 g/mol. The summed E-state index contributed by atoms with van der Waals surface area (Å²) in [4.78, 5) is 0. The molecule has 0 aromatic rings. The summed E-state index contributed by atoms with van der Waals surface area (Å²) in [5.41, 5.74) is 0. The van der Waals surface area contributed by atoms with E-state index in [0.717, 1.165) is 10.2 Å². The molecule has 0 unspecified atom stereocenters. The van der Waals surface area contributed by atoms with E-state index < -0.39 is 0 Å². The third-order valence-electron chi connectivity index (χ3n) is 3.64. The Morgan fingerprint density at radius 3 is 1.21 bits per heavy atom. The van der Waals surface area contributed by atoms with E-state index in [9.17, 15) is 0 Å². The SMILES string of the molecule is C1CSCS1.C1CSCS1.SSCOC1=CSC(=C2SC=CS2)S1.SSCOC1=CSC(=C2SC=CS2)S1.[Ni]. The van der Waals surface area contributed by atoms with E-state index in [1.807, 2.05) is 47.0 Å². The van der Waals surface area contributed by atoms with Crippen LogP contribution in [-0.2, 0) is 26.0 Å². The fourth-order valence-corrected chi connectivity index (χ4v) is 16.1. The van der Waals surface area contributed by atoms with Gasteiger partial charge in [-0.3, -0.25) is 0 Å². The Bertz CT molecular complexity index is 791. The second kappa shape index (κ2) is 26.2. The summed E-state index contributed by atoms with van der Waals surface area (Å²) in [5.74, 6) is 6.72. The molecular weight excluding hydrogens is 844 g/mol. The number of rotatable bonds is 6. The molecule has 0 saturated carbocycles. The number of thiol groups is 2.